The minimum Gasteiger partial charge on any atom is -0.454 e. The first-order valence-corrected chi connectivity index (χ1v) is 9.26. The highest BCUT2D eigenvalue weighted by molar-refractivity contribution is 6.31. The summed E-state index contributed by atoms with van der Waals surface area (Å²) in [6.45, 7) is 2.61. The van der Waals surface area contributed by atoms with E-state index in [1.807, 2.05) is 37.3 Å². The van der Waals surface area contributed by atoms with Crippen LogP contribution < -0.4 is 14.4 Å². The first-order valence-electron chi connectivity index (χ1n) is 8.88. The van der Waals surface area contributed by atoms with Gasteiger partial charge in [-0.2, -0.15) is 4.98 Å². The summed E-state index contributed by atoms with van der Waals surface area (Å²) < 4.78 is 16.2. The van der Waals surface area contributed by atoms with E-state index in [0.717, 1.165) is 16.8 Å². The maximum atomic E-state index is 12.5. The molecule has 2 aromatic carbocycles. The maximum absolute atomic E-state index is 12.5. The van der Waals surface area contributed by atoms with Gasteiger partial charge >= 0.3 is 0 Å². The van der Waals surface area contributed by atoms with Gasteiger partial charge in [0.1, 0.15) is 0 Å². The predicted molar refractivity (Wildman–Crippen MR) is 102 cm³/mol. The molecule has 142 valence electrons. The van der Waals surface area contributed by atoms with Crippen LogP contribution in [0.4, 0.5) is 5.69 Å². The van der Waals surface area contributed by atoms with Gasteiger partial charge in [-0.1, -0.05) is 16.8 Å². The van der Waals surface area contributed by atoms with E-state index in [-0.39, 0.29) is 18.6 Å². The van der Waals surface area contributed by atoms with E-state index in [4.69, 9.17) is 25.6 Å². The third kappa shape index (κ3) is 2.88. The molecule has 1 fully saturated rings. The number of hydrogen-bond donors (Lipinski definition) is 0. The molecule has 0 saturated carbocycles. The van der Waals surface area contributed by atoms with E-state index >= 15 is 0 Å². The average Bonchev–Trinajstić information content (AvgIpc) is 3.42. The van der Waals surface area contributed by atoms with E-state index in [0.29, 0.717) is 41.2 Å². The number of fused-ring (bicyclic) bond motifs is 1. The van der Waals surface area contributed by atoms with E-state index in [9.17, 15) is 4.79 Å². The standard InChI is InChI=1S/C20H16ClN3O4/c1-11-6-14(3-4-15(11)21)24-9-13(8-18(24)25)20-22-19(23-28-20)12-2-5-16-17(7-12)27-10-26-16/h2-7,13H,8-10H2,1H3. The third-order valence-electron chi connectivity index (χ3n) is 5.00. The molecular weight excluding hydrogens is 382 g/mol. The second kappa shape index (κ2) is 6.53. The van der Waals surface area contributed by atoms with Crippen LogP contribution in [0.1, 0.15) is 23.8 Å². The number of ether oxygens (including phenoxy) is 2. The predicted octanol–water partition coefficient (Wildman–Crippen LogP) is 3.95. The topological polar surface area (TPSA) is 77.7 Å². The quantitative estimate of drug-likeness (QED) is 0.666. The van der Waals surface area contributed by atoms with Crippen LogP contribution in [0.3, 0.4) is 0 Å². The minimum absolute atomic E-state index is 0.0227. The Hall–Kier alpha value is -3.06. The summed E-state index contributed by atoms with van der Waals surface area (Å²) >= 11 is 6.09. The molecule has 5 rings (SSSR count). The fourth-order valence-corrected chi connectivity index (χ4v) is 3.59. The lowest BCUT2D eigenvalue weighted by molar-refractivity contribution is -0.117. The Kier molecular flexibility index (Phi) is 3.98. The summed E-state index contributed by atoms with van der Waals surface area (Å²) in [5, 5.41) is 4.75. The van der Waals surface area contributed by atoms with Crippen molar-refractivity contribution in [3.05, 3.63) is 52.9 Å². The highest BCUT2D eigenvalue weighted by Crippen LogP contribution is 2.36. The fraction of sp³-hybridized carbons (Fsp3) is 0.250. The molecule has 1 amide bonds. The van der Waals surface area contributed by atoms with Crippen LogP contribution in [0.25, 0.3) is 11.4 Å². The second-order valence-electron chi connectivity index (χ2n) is 6.86. The van der Waals surface area contributed by atoms with Crippen molar-refractivity contribution in [1.82, 2.24) is 10.1 Å². The summed E-state index contributed by atoms with van der Waals surface area (Å²) in [7, 11) is 0. The Morgan fingerprint density at radius 3 is 2.86 bits per heavy atom. The van der Waals surface area contributed by atoms with E-state index < -0.39 is 0 Å². The fourth-order valence-electron chi connectivity index (χ4n) is 3.47. The van der Waals surface area contributed by atoms with Gasteiger partial charge in [0.25, 0.3) is 0 Å². The maximum Gasteiger partial charge on any atom is 0.232 e. The largest absolute Gasteiger partial charge is 0.454 e. The van der Waals surface area contributed by atoms with Gasteiger partial charge in [0, 0.05) is 29.2 Å². The lowest BCUT2D eigenvalue weighted by Gasteiger charge is -2.17. The monoisotopic (exact) mass is 397 g/mol. The summed E-state index contributed by atoms with van der Waals surface area (Å²) in [5.74, 6) is 2.14. The van der Waals surface area contributed by atoms with Crippen LogP contribution in [0.2, 0.25) is 5.02 Å². The van der Waals surface area contributed by atoms with Gasteiger partial charge in [-0.25, -0.2) is 0 Å². The number of hydrogen-bond acceptors (Lipinski definition) is 6. The van der Waals surface area contributed by atoms with Crippen LogP contribution >= 0.6 is 11.6 Å². The first-order chi connectivity index (χ1) is 13.6. The lowest BCUT2D eigenvalue weighted by atomic mass is 10.1. The molecule has 3 heterocycles. The number of aryl methyl sites for hydroxylation is 1. The van der Waals surface area contributed by atoms with Gasteiger partial charge in [-0.15, -0.1) is 0 Å². The number of carbonyl (C=O) groups excluding carboxylic acids is 1. The Morgan fingerprint density at radius 2 is 2.00 bits per heavy atom. The number of carbonyl (C=O) groups is 1. The van der Waals surface area contributed by atoms with Crippen molar-refractivity contribution < 1.29 is 18.8 Å². The second-order valence-corrected chi connectivity index (χ2v) is 7.27. The molecule has 0 bridgehead atoms. The number of anilines is 1. The van der Waals surface area contributed by atoms with Gasteiger partial charge in [-0.3, -0.25) is 4.79 Å². The van der Waals surface area contributed by atoms with Crippen LogP contribution in [0.15, 0.2) is 40.9 Å². The molecule has 8 heteroatoms. The number of nitrogens with zero attached hydrogens (tertiary/aromatic N) is 3. The zero-order valence-corrected chi connectivity index (χ0v) is 15.8. The summed E-state index contributed by atoms with van der Waals surface area (Å²) in [6, 6.07) is 11.1. The van der Waals surface area contributed by atoms with Gasteiger partial charge in [-0.05, 0) is 48.9 Å². The van der Waals surface area contributed by atoms with E-state index in [1.165, 1.54) is 0 Å². The normalized spacial score (nSPS) is 18.1. The molecule has 1 aromatic heterocycles. The van der Waals surface area contributed by atoms with Crippen LogP contribution in [-0.2, 0) is 4.79 Å². The smallest absolute Gasteiger partial charge is 0.232 e. The molecule has 2 aliphatic rings. The SMILES string of the molecule is Cc1cc(N2CC(c3nc(-c4ccc5c(c4)OCO5)no3)CC2=O)ccc1Cl. The Labute approximate surface area is 165 Å². The molecule has 0 N–H and O–H groups in total. The van der Waals surface area contributed by atoms with Gasteiger partial charge in [0.05, 0.1) is 5.92 Å². The van der Waals surface area contributed by atoms with Gasteiger partial charge in [0.2, 0.25) is 24.4 Å². The highest BCUT2D eigenvalue weighted by atomic mass is 35.5. The van der Waals surface area contributed by atoms with Crippen molar-refractivity contribution in [2.75, 3.05) is 18.2 Å². The molecule has 1 saturated heterocycles. The summed E-state index contributed by atoms with van der Waals surface area (Å²) in [5.41, 5.74) is 2.52. The van der Waals surface area contributed by atoms with Crippen LogP contribution in [0, 0.1) is 6.92 Å². The average molecular weight is 398 g/mol. The van der Waals surface area contributed by atoms with Crippen molar-refractivity contribution >= 4 is 23.2 Å². The number of aromatic nitrogens is 2. The Bertz CT molecular complexity index is 1080. The van der Waals surface area contributed by atoms with Gasteiger partial charge in [0.15, 0.2) is 11.5 Å². The summed E-state index contributed by atoms with van der Waals surface area (Å²) in [6.07, 6.45) is 0.324. The van der Waals surface area contributed by atoms with Crippen molar-refractivity contribution in [2.45, 2.75) is 19.3 Å². The molecule has 1 atom stereocenters. The molecule has 28 heavy (non-hydrogen) atoms. The number of rotatable bonds is 3. The van der Waals surface area contributed by atoms with E-state index in [2.05, 4.69) is 10.1 Å². The van der Waals surface area contributed by atoms with Crippen LogP contribution in [0.5, 0.6) is 11.5 Å². The molecule has 0 spiro atoms. The zero-order valence-electron chi connectivity index (χ0n) is 15.0. The van der Waals surface area contributed by atoms with E-state index in [1.54, 1.807) is 11.0 Å². The number of benzene rings is 2. The van der Waals surface area contributed by atoms with Crippen molar-refractivity contribution in [2.24, 2.45) is 0 Å². The molecule has 0 radical (unpaired) electrons. The first kappa shape index (κ1) is 17.1. The van der Waals surface area contributed by atoms with Crippen molar-refractivity contribution in [3.8, 4) is 22.9 Å². The number of halogens is 1. The van der Waals surface area contributed by atoms with Crippen LogP contribution in [-0.4, -0.2) is 29.4 Å². The highest BCUT2D eigenvalue weighted by Gasteiger charge is 2.35. The molecular formula is C20H16ClN3O4. The molecule has 7 nitrogen and oxygen atoms in total. The van der Waals surface area contributed by atoms with Crippen molar-refractivity contribution in [3.63, 3.8) is 0 Å². The summed E-state index contributed by atoms with van der Waals surface area (Å²) in [4.78, 5) is 18.8. The van der Waals surface area contributed by atoms with Gasteiger partial charge < -0.3 is 18.9 Å². The molecule has 3 aromatic rings. The molecule has 1 unspecified atom stereocenters. The number of amides is 1. The zero-order chi connectivity index (χ0) is 19.3. The van der Waals surface area contributed by atoms with Crippen molar-refractivity contribution in [1.29, 1.82) is 0 Å². The Morgan fingerprint density at radius 1 is 1.14 bits per heavy atom. The molecule has 2 aliphatic heterocycles. The molecule has 0 aliphatic carbocycles. The Balaban J connectivity index is 1.37. The lowest BCUT2D eigenvalue weighted by Crippen LogP contribution is -2.24. The minimum atomic E-state index is -0.154. The third-order valence-corrected chi connectivity index (χ3v) is 5.42.